The maximum Gasteiger partial charge on any atom is 0.224 e. The Morgan fingerprint density at radius 2 is 2.10 bits per heavy atom. The van der Waals surface area contributed by atoms with E-state index in [4.69, 9.17) is 5.73 Å². The lowest BCUT2D eigenvalue weighted by Gasteiger charge is -2.21. The molecule has 0 aromatic heterocycles. The van der Waals surface area contributed by atoms with Gasteiger partial charge in [-0.3, -0.25) is 4.79 Å². The SMILES string of the molecule is Nc1cccc(NC(=O)CCCN(CC2CC2)C2CC2)c1. The number of nitrogens with zero attached hydrogens (tertiary/aromatic N) is 1. The maximum atomic E-state index is 12.0. The number of nitrogens with two attached hydrogens (primary N) is 1. The Labute approximate surface area is 126 Å². The predicted molar refractivity (Wildman–Crippen MR) is 86.0 cm³/mol. The van der Waals surface area contributed by atoms with Crippen LogP contribution in [0.4, 0.5) is 11.4 Å². The quantitative estimate of drug-likeness (QED) is 0.723. The van der Waals surface area contributed by atoms with Crippen LogP contribution in [0.25, 0.3) is 0 Å². The van der Waals surface area contributed by atoms with Crippen LogP contribution in [0.15, 0.2) is 24.3 Å². The Morgan fingerprint density at radius 3 is 2.76 bits per heavy atom. The molecule has 21 heavy (non-hydrogen) atoms. The van der Waals surface area contributed by atoms with E-state index in [9.17, 15) is 4.79 Å². The highest BCUT2D eigenvalue weighted by Gasteiger charge is 2.33. The van der Waals surface area contributed by atoms with Crippen LogP contribution in [0.3, 0.4) is 0 Å². The molecule has 0 radical (unpaired) electrons. The molecule has 0 bridgehead atoms. The number of carbonyl (C=O) groups excluding carboxylic acids is 1. The van der Waals surface area contributed by atoms with Crippen molar-refractivity contribution < 1.29 is 4.79 Å². The summed E-state index contributed by atoms with van der Waals surface area (Å²) in [5, 5.41) is 2.92. The normalized spacial score (nSPS) is 18.0. The maximum absolute atomic E-state index is 12.0. The van der Waals surface area contributed by atoms with Gasteiger partial charge in [0.25, 0.3) is 0 Å². The Bertz CT molecular complexity index is 495. The molecular weight excluding hydrogens is 262 g/mol. The Kier molecular flexibility index (Phi) is 4.44. The first kappa shape index (κ1) is 14.4. The monoisotopic (exact) mass is 287 g/mol. The molecule has 0 heterocycles. The Balaban J connectivity index is 1.38. The van der Waals surface area contributed by atoms with Crippen molar-refractivity contribution in [1.82, 2.24) is 4.90 Å². The van der Waals surface area contributed by atoms with Crippen molar-refractivity contribution >= 4 is 17.3 Å². The molecule has 3 rings (SSSR count). The molecule has 1 aromatic carbocycles. The number of nitrogens with one attached hydrogen (secondary N) is 1. The van der Waals surface area contributed by atoms with Crippen LogP contribution in [-0.2, 0) is 4.79 Å². The summed E-state index contributed by atoms with van der Waals surface area (Å²) in [4.78, 5) is 14.6. The largest absolute Gasteiger partial charge is 0.399 e. The van der Waals surface area contributed by atoms with Crippen LogP contribution in [0, 0.1) is 5.92 Å². The van der Waals surface area contributed by atoms with E-state index in [1.54, 1.807) is 6.07 Å². The van der Waals surface area contributed by atoms with E-state index in [2.05, 4.69) is 10.2 Å². The molecule has 2 fully saturated rings. The lowest BCUT2D eigenvalue weighted by atomic mass is 10.2. The first-order valence-corrected chi connectivity index (χ1v) is 8.10. The summed E-state index contributed by atoms with van der Waals surface area (Å²) in [6.45, 7) is 2.31. The van der Waals surface area contributed by atoms with Crippen molar-refractivity contribution in [3.8, 4) is 0 Å². The van der Waals surface area contributed by atoms with E-state index in [0.717, 1.165) is 30.6 Å². The van der Waals surface area contributed by atoms with Crippen LogP contribution < -0.4 is 11.1 Å². The number of benzene rings is 1. The fourth-order valence-corrected chi connectivity index (χ4v) is 2.78. The van der Waals surface area contributed by atoms with E-state index in [0.29, 0.717) is 12.1 Å². The van der Waals surface area contributed by atoms with Gasteiger partial charge in [-0.15, -0.1) is 0 Å². The van der Waals surface area contributed by atoms with Gasteiger partial charge in [0.1, 0.15) is 0 Å². The molecule has 114 valence electrons. The van der Waals surface area contributed by atoms with Crippen molar-refractivity contribution in [3.63, 3.8) is 0 Å². The summed E-state index contributed by atoms with van der Waals surface area (Å²) < 4.78 is 0. The molecule has 0 spiro atoms. The van der Waals surface area contributed by atoms with Gasteiger partial charge in [-0.05, 0) is 62.8 Å². The third-order valence-corrected chi connectivity index (χ3v) is 4.27. The second kappa shape index (κ2) is 6.48. The fraction of sp³-hybridized carbons (Fsp3) is 0.588. The van der Waals surface area contributed by atoms with Gasteiger partial charge in [-0.2, -0.15) is 0 Å². The van der Waals surface area contributed by atoms with Gasteiger partial charge in [-0.25, -0.2) is 0 Å². The van der Waals surface area contributed by atoms with E-state index < -0.39 is 0 Å². The number of rotatable bonds is 8. The molecule has 2 saturated carbocycles. The molecule has 0 saturated heterocycles. The zero-order valence-corrected chi connectivity index (χ0v) is 12.6. The van der Waals surface area contributed by atoms with E-state index in [-0.39, 0.29) is 5.91 Å². The average Bonchev–Trinajstić information content (AvgIpc) is 3.31. The second-order valence-corrected chi connectivity index (χ2v) is 6.45. The van der Waals surface area contributed by atoms with Crippen molar-refractivity contribution in [2.24, 2.45) is 5.92 Å². The van der Waals surface area contributed by atoms with Gasteiger partial charge in [0.2, 0.25) is 5.91 Å². The molecule has 4 heteroatoms. The van der Waals surface area contributed by atoms with Crippen molar-refractivity contribution in [2.45, 2.75) is 44.6 Å². The molecule has 1 amide bonds. The van der Waals surface area contributed by atoms with Crippen LogP contribution >= 0.6 is 0 Å². The molecular formula is C17H25N3O. The van der Waals surface area contributed by atoms with Crippen molar-refractivity contribution in [2.75, 3.05) is 24.1 Å². The molecule has 0 unspecified atom stereocenters. The summed E-state index contributed by atoms with van der Waals surface area (Å²) in [5.41, 5.74) is 7.18. The van der Waals surface area contributed by atoms with Crippen molar-refractivity contribution in [3.05, 3.63) is 24.3 Å². The number of amides is 1. The third-order valence-electron chi connectivity index (χ3n) is 4.27. The first-order valence-electron chi connectivity index (χ1n) is 8.10. The molecule has 2 aliphatic rings. The number of hydrogen-bond acceptors (Lipinski definition) is 3. The lowest BCUT2D eigenvalue weighted by Crippen LogP contribution is -2.30. The summed E-state index contributed by atoms with van der Waals surface area (Å²) in [6.07, 6.45) is 7.03. The summed E-state index contributed by atoms with van der Waals surface area (Å²) in [7, 11) is 0. The number of nitrogen functional groups attached to an aromatic ring is 1. The predicted octanol–water partition coefficient (Wildman–Crippen LogP) is 2.86. The zero-order valence-electron chi connectivity index (χ0n) is 12.6. The highest BCUT2D eigenvalue weighted by atomic mass is 16.1. The van der Waals surface area contributed by atoms with E-state index in [1.807, 2.05) is 18.2 Å². The van der Waals surface area contributed by atoms with Crippen LogP contribution in [0.5, 0.6) is 0 Å². The van der Waals surface area contributed by atoms with E-state index in [1.165, 1.54) is 32.2 Å². The molecule has 3 N–H and O–H groups in total. The Morgan fingerprint density at radius 1 is 1.29 bits per heavy atom. The summed E-state index contributed by atoms with van der Waals surface area (Å²) in [6, 6.07) is 8.15. The van der Waals surface area contributed by atoms with Gasteiger partial charge in [0, 0.05) is 30.4 Å². The van der Waals surface area contributed by atoms with Crippen LogP contribution in [-0.4, -0.2) is 29.9 Å². The number of anilines is 2. The molecule has 0 aliphatic heterocycles. The Hall–Kier alpha value is -1.55. The minimum absolute atomic E-state index is 0.0859. The highest BCUT2D eigenvalue weighted by molar-refractivity contribution is 5.91. The highest BCUT2D eigenvalue weighted by Crippen LogP contribution is 2.34. The average molecular weight is 287 g/mol. The molecule has 1 aromatic rings. The molecule has 2 aliphatic carbocycles. The summed E-state index contributed by atoms with van der Waals surface area (Å²) in [5.74, 6) is 1.02. The topological polar surface area (TPSA) is 58.4 Å². The zero-order chi connectivity index (χ0) is 14.7. The van der Waals surface area contributed by atoms with Gasteiger partial charge in [-0.1, -0.05) is 6.07 Å². The van der Waals surface area contributed by atoms with Gasteiger partial charge >= 0.3 is 0 Å². The van der Waals surface area contributed by atoms with Gasteiger partial charge in [0.15, 0.2) is 0 Å². The van der Waals surface area contributed by atoms with Crippen LogP contribution in [0.2, 0.25) is 0 Å². The number of hydrogen-bond donors (Lipinski definition) is 2. The summed E-state index contributed by atoms with van der Waals surface area (Å²) >= 11 is 0. The molecule has 4 nitrogen and oxygen atoms in total. The fourth-order valence-electron chi connectivity index (χ4n) is 2.78. The third kappa shape index (κ3) is 4.74. The first-order chi connectivity index (χ1) is 10.2. The second-order valence-electron chi connectivity index (χ2n) is 6.45. The van der Waals surface area contributed by atoms with Crippen molar-refractivity contribution in [1.29, 1.82) is 0 Å². The minimum atomic E-state index is 0.0859. The number of carbonyl (C=O) groups is 1. The van der Waals surface area contributed by atoms with Gasteiger partial charge < -0.3 is 16.0 Å². The smallest absolute Gasteiger partial charge is 0.224 e. The minimum Gasteiger partial charge on any atom is -0.399 e. The molecule has 0 atom stereocenters. The van der Waals surface area contributed by atoms with Crippen LogP contribution in [0.1, 0.15) is 38.5 Å². The van der Waals surface area contributed by atoms with E-state index >= 15 is 0 Å². The van der Waals surface area contributed by atoms with Gasteiger partial charge in [0.05, 0.1) is 0 Å². The lowest BCUT2D eigenvalue weighted by molar-refractivity contribution is -0.116. The standard InChI is InChI=1S/C17H25N3O/c18-14-3-1-4-15(11-14)19-17(21)5-2-10-20(16-8-9-16)12-13-6-7-13/h1,3-4,11,13,16H,2,5-10,12,18H2,(H,19,21).